The van der Waals surface area contributed by atoms with Gasteiger partial charge in [-0.2, -0.15) is 0 Å². The third kappa shape index (κ3) is 6.22. The van der Waals surface area contributed by atoms with Gasteiger partial charge < -0.3 is 14.8 Å². The molecule has 5 heteroatoms. The highest BCUT2D eigenvalue weighted by Gasteiger charge is 2.16. The van der Waals surface area contributed by atoms with Gasteiger partial charge in [0.05, 0.1) is 0 Å². The van der Waals surface area contributed by atoms with Gasteiger partial charge >= 0.3 is 11.9 Å². The Balaban J connectivity index is 2.59. The third-order valence-electron chi connectivity index (χ3n) is 2.29. The molecule has 0 atom stereocenters. The van der Waals surface area contributed by atoms with E-state index < -0.39 is 5.60 Å². The fraction of sp³-hybridized carbons (Fsp3) is 0.467. The number of para-hydroxylation sites is 1. The minimum Gasteiger partial charge on any atom is -0.461 e. The predicted molar refractivity (Wildman–Crippen MR) is 76.2 cm³/mol. The van der Waals surface area contributed by atoms with Crippen LogP contribution in [0.5, 0.6) is 0 Å². The molecule has 0 heterocycles. The molecule has 1 aromatic carbocycles. The van der Waals surface area contributed by atoms with Gasteiger partial charge in [-0.05, 0) is 26.8 Å². The molecule has 0 unspecified atom stereocenters. The largest absolute Gasteiger partial charge is 0.461 e. The molecule has 20 heavy (non-hydrogen) atoms. The quantitative estimate of drug-likeness (QED) is 0.839. The molecule has 0 saturated heterocycles. The third-order valence-corrected chi connectivity index (χ3v) is 2.29. The van der Waals surface area contributed by atoms with Crippen LogP contribution in [0.2, 0.25) is 0 Å². The Morgan fingerprint density at radius 1 is 1.20 bits per heavy atom. The van der Waals surface area contributed by atoms with Gasteiger partial charge in [0.2, 0.25) is 0 Å². The van der Waals surface area contributed by atoms with Gasteiger partial charge in [0.25, 0.3) is 0 Å². The summed E-state index contributed by atoms with van der Waals surface area (Å²) in [6.45, 7) is 7.05. The normalized spacial score (nSPS) is 10.8. The summed E-state index contributed by atoms with van der Waals surface area (Å²) in [5, 5.41) is 2.99. The first-order chi connectivity index (χ1) is 9.28. The first-order valence-corrected chi connectivity index (χ1v) is 6.45. The monoisotopic (exact) mass is 279 g/mol. The smallest absolute Gasteiger partial charge is 0.325 e. The summed E-state index contributed by atoms with van der Waals surface area (Å²) >= 11 is 0. The second-order valence-corrected chi connectivity index (χ2v) is 5.38. The lowest BCUT2D eigenvalue weighted by atomic mass is 10.2. The summed E-state index contributed by atoms with van der Waals surface area (Å²) in [6, 6.07) is 7.34. The average molecular weight is 279 g/mol. The Labute approximate surface area is 119 Å². The van der Waals surface area contributed by atoms with E-state index in [9.17, 15) is 9.59 Å². The van der Waals surface area contributed by atoms with Crippen molar-refractivity contribution in [2.45, 2.75) is 39.9 Å². The van der Waals surface area contributed by atoms with E-state index in [1.54, 1.807) is 0 Å². The van der Waals surface area contributed by atoms with Gasteiger partial charge in [0, 0.05) is 18.2 Å². The summed E-state index contributed by atoms with van der Waals surface area (Å²) < 4.78 is 10.2. The molecule has 0 aliphatic rings. The van der Waals surface area contributed by atoms with Gasteiger partial charge in [-0.3, -0.25) is 9.59 Å². The second-order valence-electron chi connectivity index (χ2n) is 5.38. The Morgan fingerprint density at radius 2 is 1.85 bits per heavy atom. The van der Waals surface area contributed by atoms with E-state index in [0.717, 1.165) is 11.3 Å². The number of carbonyl (C=O) groups is 2. The number of benzene rings is 1. The van der Waals surface area contributed by atoms with Gasteiger partial charge in [-0.15, -0.1) is 0 Å². The van der Waals surface area contributed by atoms with Gasteiger partial charge in [0.1, 0.15) is 18.8 Å². The topological polar surface area (TPSA) is 64.6 Å². The fourth-order valence-corrected chi connectivity index (χ4v) is 1.54. The number of hydrogen-bond donors (Lipinski definition) is 1. The molecule has 1 aromatic rings. The van der Waals surface area contributed by atoms with Gasteiger partial charge in [-0.25, -0.2) is 0 Å². The predicted octanol–water partition coefficient (Wildman–Crippen LogP) is 2.50. The van der Waals surface area contributed by atoms with E-state index in [4.69, 9.17) is 9.47 Å². The zero-order valence-electron chi connectivity index (χ0n) is 12.4. The number of anilines is 1. The molecule has 5 nitrogen and oxygen atoms in total. The second kappa shape index (κ2) is 6.93. The molecule has 0 fully saturated rings. The van der Waals surface area contributed by atoms with Crippen LogP contribution in [-0.2, 0) is 25.7 Å². The molecular weight excluding hydrogens is 258 g/mol. The van der Waals surface area contributed by atoms with E-state index in [2.05, 4.69) is 5.32 Å². The van der Waals surface area contributed by atoms with Crippen LogP contribution in [0.3, 0.4) is 0 Å². The zero-order valence-corrected chi connectivity index (χ0v) is 12.4. The van der Waals surface area contributed by atoms with E-state index in [-0.39, 0.29) is 25.1 Å². The van der Waals surface area contributed by atoms with Crippen LogP contribution in [0, 0.1) is 0 Å². The van der Waals surface area contributed by atoms with E-state index in [0.29, 0.717) is 0 Å². The summed E-state index contributed by atoms with van der Waals surface area (Å²) in [6.07, 6.45) is 0. The summed E-state index contributed by atoms with van der Waals surface area (Å²) in [5.41, 5.74) is 1.06. The number of rotatable bonds is 5. The van der Waals surface area contributed by atoms with Crippen molar-refractivity contribution in [3.63, 3.8) is 0 Å². The SMILES string of the molecule is CC(=O)OCc1ccccc1NCC(=O)OC(C)(C)C. The van der Waals surface area contributed by atoms with Crippen molar-refractivity contribution in [1.82, 2.24) is 0 Å². The number of hydrogen-bond acceptors (Lipinski definition) is 5. The number of carbonyl (C=O) groups excluding carboxylic acids is 2. The number of ether oxygens (including phenoxy) is 2. The Bertz CT molecular complexity index is 477. The lowest BCUT2D eigenvalue weighted by molar-refractivity contribution is -0.152. The maximum absolute atomic E-state index is 11.6. The zero-order chi connectivity index (χ0) is 15.2. The summed E-state index contributed by atoms with van der Waals surface area (Å²) in [7, 11) is 0. The highest BCUT2D eigenvalue weighted by atomic mass is 16.6. The van der Waals surface area contributed by atoms with E-state index >= 15 is 0 Å². The Hall–Kier alpha value is -2.04. The molecular formula is C15H21NO4. The highest BCUT2D eigenvalue weighted by molar-refractivity contribution is 5.75. The molecule has 0 spiro atoms. The van der Waals surface area contributed by atoms with Crippen molar-refractivity contribution in [1.29, 1.82) is 0 Å². The van der Waals surface area contributed by atoms with Crippen molar-refractivity contribution in [3.05, 3.63) is 29.8 Å². The first-order valence-electron chi connectivity index (χ1n) is 6.45. The number of esters is 2. The van der Waals surface area contributed by atoms with Crippen molar-refractivity contribution in [2.24, 2.45) is 0 Å². The lowest BCUT2D eigenvalue weighted by Gasteiger charge is -2.20. The van der Waals surface area contributed by atoms with Crippen molar-refractivity contribution < 1.29 is 19.1 Å². The van der Waals surface area contributed by atoms with Crippen LogP contribution in [0.15, 0.2) is 24.3 Å². The van der Waals surface area contributed by atoms with Crippen molar-refractivity contribution in [2.75, 3.05) is 11.9 Å². The molecule has 1 N–H and O–H groups in total. The summed E-state index contributed by atoms with van der Waals surface area (Å²) in [5.74, 6) is -0.674. The Morgan fingerprint density at radius 3 is 2.45 bits per heavy atom. The molecule has 1 rings (SSSR count). The minimum atomic E-state index is -0.504. The summed E-state index contributed by atoms with van der Waals surface area (Å²) in [4.78, 5) is 22.5. The maximum atomic E-state index is 11.6. The van der Waals surface area contributed by atoms with Crippen molar-refractivity contribution in [3.8, 4) is 0 Å². The molecule has 0 saturated carbocycles. The highest BCUT2D eigenvalue weighted by Crippen LogP contribution is 2.16. The standard InChI is InChI=1S/C15H21NO4/c1-11(17)19-10-12-7-5-6-8-13(12)16-9-14(18)20-15(2,3)4/h5-8,16H,9-10H2,1-4H3. The van der Waals surface area contributed by atoms with Gasteiger partial charge in [0.15, 0.2) is 0 Å². The lowest BCUT2D eigenvalue weighted by Crippen LogP contribution is -2.28. The molecule has 0 aliphatic heterocycles. The maximum Gasteiger partial charge on any atom is 0.325 e. The molecule has 0 aliphatic carbocycles. The molecule has 0 amide bonds. The molecule has 0 aromatic heterocycles. The fourth-order valence-electron chi connectivity index (χ4n) is 1.54. The van der Waals surface area contributed by atoms with E-state index in [1.807, 2.05) is 45.0 Å². The molecule has 110 valence electrons. The van der Waals surface area contributed by atoms with Crippen LogP contribution in [0.1, 0.15) is 33.3 Å². The van der Waals surface area contributed by atoms with Crippen LogP contribution in [0.4, 0.5) is 5.69 Å². The van der Waals surface area contributed by atoms with Crippen LogP contribution >= 0.6 is 0 Å². The van der Waals surface area contributed by atoms with E-state index in [1.165, 1.54) is 6.92 Å². The average Bonchev–Trinajstić information content (AvgIpc) is 2.32. The molecule has 0 bridgehead atoms. The minimum absolute atomic E-state index is 0.0638. The molecule has 0 radical (unpaired) electrons. The van der Waals surface area contributed by atoms with Gasteiger partial charge in [-0.1, -0.05) is 18.2 Å². The van der Waals surface area contributed by atoms with Crippen LogP contribution in [-0.4, -0.2) is 24.1 Å². The number of nitrogens with one attached hydrogen (secondary N) is 1. The van der Waals surface area contributed by atoms with Crippen LogP contribution < -0.4 is 5.32 Å². The van der Waals surface area contributed by atoms with Crippen molar-refractivity contribution >= 4 is 17.6 Å². The van der Waals surface area contributed by atoms with Crippen LogP contribution in [0.25, 0.3) is 0 Å². The first kappa shape index (κ1) is 16.0. The Kier molecular flexibility index (Phi) is 5.55.